The van der Waals surface area contributed by atoms with Crippen molar-refractivity contribution >= 4 is 7.60 Å². The summed E-state index contributed by atoms with van der Waals surface area (Å²) in [5.41, 5.74) is 4.76. The molecule has 0 radical (unpaired) electrons. The second kappa shape index (κ2) is 2.43. The summed E-state index contributed by atoms with van der Waals surface area (Å²) in [6.45, 7) is 0.879. The molecule has 1 unspecified atom stereocenters. The highest BCUT2D eigenvalue weighted by molar-refractivity contribution is 7.51. The first-order chi connectivity index (χ1) is 3.06. The summed E-state index contributed by atoms with van der Waals surface area (Å²) in [5.74, 6) is 0. The van der Waals surface area contributed by atoms with E-state index in [9.17, 15) is 4.57 Å². The Hall–Kier alpha value is 0.110. The van der Waals surface area contributed by atoms with Crippen LogP contribution in [0.4, 0.5) is 0 Å². The molecule has 1 atom stereocenters. The summed E-state index contributed by atoms with van der Waals surface area (Å²) in [4.78, 5) is 8.27. The van der Waals surface area contributed by atoms with Crippen molar-refractivity contribution in [1.82, 2.24) is 0 Å². The third-order valence-corrected chi connectivity index (χ3v) is 0.942. The summed E-state index contributed by atoms with van der Waals surface area (Å²) < 4.78 is 14.2. The lowest BCUT2D eigenvalue weighted by atomic mass is 11.4. The zero-order chi connectivity index (χ0) is 5.91. The van der Waals surface area contributed by atoms with E-state index in [1.54, 1.807) is 0 Å². The first-order valence-electron chi connectivity index (χ1n) is 1.71. The Balaban J connectivity index is 3.36. The van der Waals surface area contributed by atoms with Crippen LogP contribution in [0.1, 0.15) is 0 Å². The van der Waals surface area contributed by atoms with Gasteiger partial charge in [0.15, 0.2) is 0 Å². The standard InChI is InChI=1S/C2H8NO3P/c1-7(4,5)6-2-3/h2-3H2,1H3,(H,4,5). The molecule has 0 spiro atoms. The zero-order valence-electron chi connectivity index (χ0n) is 4.00. The van der Waals surface area contributed by atoms with Gasteiger partial charge in [-0.05, 0) is 0 Å². The van der Waals surface area contributed by atoms with Crippen molar-refractivity contribution in [2.24, 2.45) is 5.73 Å². The summed E-state index contributed by atoms with van der Waals surface area (Å²) in [6, 6.07) is 0. The van der Waals surface area contributed by atoms with Gasteiger partial charge in [0.2, 0.25) is 0 Å². The Kier molecular flexibility index (Phi) is 2.46. The highest BCUT2D eigenvalue weighted by Crippen LogP contribution is 2.35. The van der Waals surface area contributed by atoms with Gasteiger partial charge in [-0.2, -0.15) is 0 Å². The van der Waals surface area contributed by atoms with Crippen LogP contribution in [0.2, 0.25) is 0 Å². The summed E-state index contributed by atoms with van der Waals surface area (Å²) in [7, 11) is -3.29. The number of rotatable bonds is 2. The van der Waals surface area contributed by atoms with Gasteiger partial charge in [0.1, 0.15) is 6.73 Å². The van der Waals surface area contributed by atoms with E-state index in [-0.39, 0.29) is 6.73 Å². The smallest absolute Gasteiger partial charge is 0.324 e. The first-order valence-corrected chi connectivity index (χ1v) is 3.73. The van der Waals surface area contributed by atoms with Crippen LogP contribution in [0.15, 0.2) is 0 Å². The molecule has 5 heteroatoms. The van der Waals surface area contributed by atoms with E-state index in [0.717, 1.165) is 6.66 Å². The van der Waals surface area contributed by atoms with Crippen LogP contribution in [-0.4, -0.2) is 18.3 Å². The molecule has 0 rings (SSSR count). The van der Waals surface area contributed by atoms with Gasteiger partial charge in [0.25, 0.3) is 0 Å². The fourth-order valence-corrected chi connectivity index (χ4v) is 0.415. The topological polar surface area (TPSA) is 72.5 Å². The Morgan fingerprint density at radius 3 is 2.43 bits per heavy atom. The van der Waals surface area contributed by atoms with Crippen molar-refractivity contribution < 1.29 is 14.0 Å². The first kappa shape index (κ1) is 7.11. The van der Waals surface area contributed by atoms with Crippen molar-refractivity contribution in [1.29, 1.82) is 0 Å². The van der Waals surface area contributed by atoms with Crippen molar-refractivity contribution in [3.63, 3.8) is 0 Å². The van der Waals surface area contributed by atoms with Crippen molar-refractivity contribution in [3.05, 3.63) is 0 Å². The van der Waals surface area contributed by atoms with Gasteiger partial charge >= 0.3 is 7.60 Å². The largest absolute Gasteiger partial charge is 0.326 e. The minimum Gasteiger partial charge on any atom is -0.324 e. The molecule has 0 aromatic heterocycles. The van der Waals surface area contributed by atoms with E-state index >= 15 is 0 Å². The summed E-state index contributed by atoms with van der Waals surface area (Å²) in [5, 5.41) is 0. The lowest BCUT2D eigenvalue weighted by molar-refractivity contribution is 0.272. The Bertz CT molecular complexity index is 86.9. The minimum absolute atomic E-state index is 0.204. The predicted molar refractivity (Wildman–Crippen MR) is 25.9 cm³/mol. The molecule has 44 valence electrons. The maximum atomic E-state index is 10.1. The van der Waals surface area contributed by atoms with E-state index in [1.807, 2.05) is 0 Å². The number of hydrogen-bond acceptors (Lipinski definition) is 3. The van der Waals surface area contributed by atoms with Gasteiger partial charge in [-0.1, -0.05) is 0 Å². The van der Waals surface area contributed by atoms with Gasteiger partial charge in [0, 0.05) is 6.66 Å². The lowest BCUT2D eigenvalue weighted by Crippen LogP contribution is -2.01. The van der Waals surface area contributed by atoms with Gasteiger partial charge in [0.05, 0.1) is 0 Å². The minimum atomic E-state index is -3.29. The monoisotopic (exact) mass is 125 g/mol. The van der Waals surface area contributed by atoms with E-state index in [4.69, 9.17) is 10.6 Å². The molecule has 3 N–H and O–H groups in total. The fraction of sp³-hybridized carbons (Fsp3) is 1.00. The normalized spacial score (nSPS) is 18.7. The van der Waals surface area contributed by atoms with Crippen LogP contribution in [0.25, 0.3) is 0 Å². The molecule has 0 heterocycles. The maximum absolute atomic E-state index is 10.1. The van der Waals surface area contributed by atoms with Gasteiger partial charge in [-0.15, -0.1) is 0 Å². The van der Waals surface area contributed by atoms with E-state index in [1.165, 1.54) is 0 Å². The van der Waals surface area contributed by atoms with Gasteiger partial charge in [-0.3, -0.25) is 9.09 Å². The number of hydrogen-bond donors (Lipinski definition) is 2. The summed E-state index contributed by atoms with van der Waals surface area (Å²) in [6.07, 6.45) is 0. The average molecular weight is 125 g/mol. The van der Waals surface area contributed by atoms with Gasteiger partial charge in [-0.25, -0.2) is 0 Å². The quantitative estimate of drug-likeness (QED) is 0.393. The van der Waals surface area contributed by atoms with E-state index in [0.29, 0.717) is 0 Å². The molecule has 0 fully saturated rings. The molecule has 0 amide bonds. The van der Waals surface area contributed by atoms with Crippen LogP contribution >= 0.6 is 7.60 Å². The molecular weight excluding hydrogens is 117 g/mol. The summed E-state index contributed by atoms with van der Waals surface area (Å²) >= 11 is 0. The average Bonchev–Trinajstić information content (AvgIpc) is 1.30. The van der Waals surface area contributed by atoms with Crippen LogP contribution in [0.5, 0.6) is 0 Å². The molecule has 0 aliphatic carbocycles. The Morgan fingerprint density at radius 2 is 2.43 bits per heavy atom. The lowest BCUT2D eigenvalue weighted by Gasteiger charge is -2.00. The molecule has 0 saturated carbocycles. The Labute approximate surface area is 41.8 Å². The SMILES string of the molecule is CP(=O)(O)OCN. The molecular formula is C2H8NO3P. The fourth-order valence-electron chi connectivity index (χ4n) is 0.138. The molecule has 0 aromatic carbocycles. The highest BCUT2D eigenvalue weighted by Gasteiger charge is 2.05. The molecule has 0 aliphatic rings. The Morgan fingerprint density at radius 1 is 2.00 bits per heavy atom. The van der Waals surface area contributed by atoms with Crippen LogP contribution in [0, 0.1) is 0 Å². The molecule has 7 heavy (non-hydrogen) atoms. The maximum Gasteiger partial charge on any atom is 0.326 e. The van der Waals surface area contributed by atoms with E-state index < -0.39 is 7.60 Å². The third kappa shape index (κ3) is 6.11. The molecule has 4 nitrogen and oxygen atoms in total. The van der Waals surface area contributed by atoms with Crippen molar-refractivity contribution in [2.75, 3.05) is 13.4 Å². The van der Waals surface area contributed by atoms with Gasteiger partial charge < -0.3 is 10.6 Å². The van der Waals surface area contributed by atoms with Crippen molar-refractivity contribution in [2.45, 2.75) is 0 Å². The van der Waals surface area contributed by atoms with Crippen molar-refractivity contribution in [3.8, 4) is 0 Å². The van der Waals surface area contributed by atoms with Crippen LogP contribution < -0.4 is 5.73 Å². The van der Waals surface area contributed by atoms with Crippen LogP contribution in [0.3, 0.4) is 0 Å². The third-order valence-electron chi connectivity index (χ3n) is 0.314. The second-order valence-corrected chi connectivity index (χ2v) is 2.96. The molecule has 0 saturated heterocycles. The second-order valence-electron chi connectivity index (χ2n) is 1.10. The number of nitrogens with two attached hydrogens (primary N) is 1. The highest BCUT2D eigenvalue weighted by atomic mass is 31.2. The molecule has 0 aromatic rings. The zero-order valence-corrected chi connectivity index (χ0v) is 4.89. The molecule has 0 aliphatic heterocycles. The predicted octanol–water partition coefficient (Wildman–Crippen LogP) is -0.266. The van der Waals surface area contributed by atoms with E-state index in [2.05, 4.69) is 4.52 Å². The van der Waals surface area contributed by atoms with Crippen LogP contribution in [-0.2, 0) is 9.09 Å². The molecule has 0 bridgehead atoms.